The summed E-state index contributed by atoms with van der Waals surface area (Å²) in [4.78, 5) is 102. The van der Waals surface area contributed by atoms with Gasteiger partial charge in [-0.15, -0.1) is 39.5 Å². The number of aliphatic carboxylic acids is 1. The first kappa shape index (κ1) is 162. The van der Waals surface area contributed by atoms with Crippen molar-refractivity contribution < 1.29 is 233 Å². The minimum Gasteiger partial charge on any atom is -0.870 e. The van der Waals surface area contributed by atoms with Crippen LogP contribution in [0.25, 0.3) is 0 Å². The zero-order valence-electron chi connectivity index (χ0n) is 99.2. The van der Waals surface area contributed by atoms with Crippen LogP contribution in [-0.4, -0.2) is 143 Å². The van der Waals surface area contributed by atoms with Gasteiger partial charge in [-0.05, 0) is 151 Å². The van der Waals surface area contributed by atoms with Crippen LogP contribution >= 0.6 is 0 Å². The minimum absolute atomic E-state index is 0. The molecule has 0 aliphatic heterocycles. The second-order valence-corrected chi connectivity index (χ2v) is 45.7. The molecule has 0 aromatic rings. The molecule has 5 amide bonds. The molecule has 12 rings (SSSR count). The van der Waals surface area contributed by atoms with Gasteiger partial charge in [-0.3, -0.25) is 43.2 Å². The number of hydrogen-bond donors (Lipinski definition) is 8. The number of isocyanates is 1. The van der Waals surface area contributed by atoms with Crippen LogP contribution in [0.15, 0.2) is 39.5 Å². The number of fused-ring (bicyclic) bond motifs is 4. The molecule has 0 aromatic carbocycles. The molecule has 28 heteroatoms. The average molecular weight is 2380 g/mol. The number of carboxylic acid groups (broad SMARTS) is 1. The molecule has 32 atom stereocenters. The van der Waals surface area contributed by atoms with E-state index in [4.69, 9.17) is 57.2 Å². The van der Waals surface area contributed by atoms with E-state index in [1.807, 2.05) is 0 Å². The van der Waals surface area contributed by atoms with Crippen LogP contribution in [0.2, 0.25) is 0 Å². The standard InChI is InChI=1S/3C25H42O2.C23H38O3.5C3H7NO.3C2H4.CHNO.Li.2H2O.4Y/c3*1-16-13-14-25(5)19(4)23(9-8-20(25)15-16)22-11-10-21(18(22)3)17(2)7-12-24(26)27-6;1-14(5-10-22(25)26)19-8-9-20(15(19)2)21-7-6-17-13-18(24)11-12-23(17,4)16(21)3;5*1-3(5)4-2;3*1-2;2-1-3;;;;;;;/h3*16-17,19-23H,4,7-15H2,1-3,5-6H3;14,16-21,24H,3,5-13H2,1-2,4H3,(H,25,26);5*1-2H3,(H,4,5);3*1-2H2;2H;;2*1H2;;;;/q4*-2;;;;;;;;;;+1;;;;;;/p-1/t3*16-,17-,19?,20-,21-,22-,23-,25-;14-,16?,17-,18-,19-,20-,21-,23-;;;;;;;;;;;;;;;;/m1111................/s1. The summed E-state index contributed by atoms with van der Waals surface area (Å²) in [5.74, 6) is 25.1. The average Bonchev–Trinajstić information content (AvgIpc) is 1.39. The van der Waals surface area contributed by atoms with Crippen LogP contribution in [0, 0.1) is 238 Å². The van der Waals surface area contributed by atoms with Crippen LogP contribution in [-0.2, 0) is 193 Å². The van der Waals surface area contributed by atoms with Crippen LogP contribution in [0.5, 0.6) is 0 Å². The zero-order valence-corrected chi connectivity index (χ0v) is 111. The van der Waals surface area contributed by atoms with E-state index in [1.165, 1.54) is 216 Å². The number of esters is 3. The van der Waals surface area contributed by atoms with Crippen molar-refractivity contribution >= 4 is 59.5 Å². The molecule has 12 aliphatic carbocycles. The first-order chi connectivity index (χ1) is 66.3. The number of carboxylic acids is 1. The van der Waals surface area contributed by atoms with Gasteiger partial charge >= 0.3 is 42.7 Å². The Morgan fingerprint density at radius 2 is 0.547 bits per heavy atom. The van der Waals surface area contributed by atoms with Crippen molar-refractivity contribution in [2.45, 2.75) is 376 Å². The second-order valence-electron chi connectivity index (χ2n) is 45.7. The Kier molecular flexibility index (Phi) is 91.8. The molecule has 0 bridgehead atoms. The quantitative estimate of drug-likeness (QED) is 0.0107. The SMILES string of the molecule is C=C.C=C.C=C.CNC(C)=O.CNC(C)=O.CNC(C)=O.CNC(C)=O.CNC(C)=O.N=C=O.O.[CH2-]C1[C@H]([C@@H]2CC[C@H]([C@H](C)CCC(=O)O)[C-]2C)CC[C@@H]2C[C@H](O)CC[C@]12C.[CH2-]C1[C@H]([C@@H]2CC[C@H]([C@H](C)CCC(=O)OC)[C-]2C)CC[C@@H]2C[C@H](C)CC[C@]12C.[CH2-]C1[C@H]([C@@H]2CC[C@H]([C@H](C)CCC(=O)OC)[C-]2C)CC[C@@H]2C[C@H](C)CC[C@]12C.[CH2-]C1[C@H]([C@@H]2CC[C@H]([C@H](C)CCC(=O)OC)[C-]2C)CC[C@@H]2C[C@H](C)CC[C@]12C.[Li+].[OH-].[Y].[Y].[Y].[Y]. The predicted octanol–water partition coefficient (Wildman–Crippen LogP) is 21.7. The number of aliphatic hydroxyl groups excluding tert-OH is 1. The van der Waals surface area contributed by atoms with Gasteiger partial charge < -0.3 is 113 Å². The van der Waals surface area contributed by atoms with Crippen LogP contribution in [0.1, 0.15) is 370 Å². The molecular weight excluding hydrogens is 2160 g/mol. The van der Waals surface area contributed by atoms with Crippen LogP contribution in [0.4, 0.5) is 0 Å². The first-order valence-electron chi connectivity index (χ1n) is 54.5. The molecule has 12 saturated carbocycles. The number of hydrogen-bond acceptors (Lipinski definition) is 16. The van der Waals surface area contributed by atoms with Gasteiger partial charge in [0.25, 0.3) is 0 Å². The smallest absolute Gasteiger partial charge is 0.870 e. The van der Waals surface area contributed by atoms with Gasteiger partial charge in [-0.25, -0.2) is 10.2 Å². The Hall–Kier alpha value is -1.28. The maximum absolute atomic E-state index is 11.5. The van der Waals surface area contributed by atoms with E-state index in [1.54, 1.807) is 58.9 Å². The molecule has 0 saturated heterocycles. The fourth-order valence-corrected chi connectivity index (χ4v) is 28.3. The number of amides is 5. The molecule has 23 nitrogen and oxygen atoms in total. The summed E-state index contributed by atoms with van der Waals surface area (Å²) in [6.07, 6.45) is 43.2. The summed E-state index contributed by atoms with van der Waals surface area (Å²) < 4.78 is 14.5. The third kappa shape index (κ3) is 50.7. The molecule has 0 aromatic heterocycles. The van der Waals surface area contributed by atoms with E-state index in [0.717, 1.165) is 122 Å². The molecule has 4 radical (unpaired) electrons. The Balaban J connectivity index is -0.000000262. The number of ether oxygens (including phenoxy) is 3. The van der Waals surface area contributed by atoms with Crippen molar-refractivity contribution in [3.8, 4) is 0 Å². The largest absolute Gasteiger partial charge is 1.00 e. The molecule has 12 fully saturated rings. The second kappa shape index (κ2) is 83.9. The molecule has 848 valence electrons. The molecule has 12 aliphatic rings. The summed E-state index contributed by atoms with van der Waals surface area (Å²) in [5, 5.41) is 36.4. The van der Waals surface area contributed by atoms with Crippen molar-refractivity contribution in [2.75, 3.05) is 56.6 Å². The van der Waals surface area contributed by atoms with Crippen molar-refractivity contribution in [3.05, 3.63) is 90.8 Å². The summed E-state index contributed by atoms with van der Waals surface area (Å²) in [6.45, 7) is 80.8. The Morgan fingerprint density at radius 1 is 0.372 bits per heavy atom. The van der Waals surface area contributed by atoms with Crippen LogP contribution in [0.3, 0.4) is 0 Å². The minimum atomic E-state index is -0.674. The topological polar surface area (TPSA) is 384 Å². The van der Waals surface area contributed by atoms with Crippen LogP contribution < -0.4 is 45.4 Å². The number of carbonyl (C=O) groups is 9. The van der Waals surface area contributed by atoms with Crippen molar-refractivity contribution in [3.63, 3.8) is 0 Å². The number of carbonyl (C=O) groups excluding carboxylic acids is 9. The van der Waals surface area contributed by atoms with E-state index in [-0.39, 0.29) is 220 Å². The normalized spacial score (nSPS) is 33.3. The number of nitrogens with one attached hydrogen (secondary N) is 6. The van der Waals surface area contributed by atoms with Crippen molar-refractivity contribution in [1.82, 2.24) is 26.6 Å². The Morgan fingerprint density at radius 3 is 0.723 bits per heavy atom. The van der Waals surface area contributed by atoms with E-state index < -0.39 is 5.97 Å². The third-order valence-electron chi connectivity index (χ3n) is 38.1. The summed E-state index contributed by atoms with van der Waals surface area (Å²) >= 11 is 0. The van der Waals surface area contributed by atoms with Gasteiger partial charge in [0.2, 0.25) is 35.6 Å². The molecule has 148 heavy (non-hydrogen) atoms. The fourth-order valence-electron chi connectivity index (χ4n) is 28.3. The summed E-state index contributed by atoms with van der Waals surface area (Å²) in [7, 11) is 12.5. The van der Waals surface area contributed by atoms with Crippen molar-refractivity contribution in [1.29, 1.82) is 5.41 Å². The van der Waals surface area contributed by atoms with E-state index in [2.05, 4.69) is 170 Å². The Bertz CT molecular complexity index is 3350. The predicted molar refractivity (Wildman–Crippen MR) is 586 cm³/mol. The van der Waals surface area contributed by atoms with Gasteiger partial charge in [0, 0.05) is 226 Å². The van der Waals surface area contributed by atoms with E-state index in [9.17, 15) is 48.3 Å². The zero-order chi connectivity index (χ0) is 108. The molecule has 0 heterocycles. The van der Waals surface area contributed by atoms with Gasteiger partial charge in [0.05, 0.1) is 27.4 Å². The van der Waals surface area contributed by atoms with E-state index >= 15 is 0 Å². The third-order valence-corrected chi connectivity index (χ3v) is 38.1. The monoisotopic (exact) mass is 2380 g/mol. The summed E-state index contributed by atoms with van der Waals surface area (Å²) in [6, 6.07) is 0. The number of aliphatic hydroxyl groups is 1. The van der Waals surface area contributed by atoms with E-state index in [0.29, 0.717) is 131 Å². The van der Waals surface area contributed by atoms with Crippen molar-refractivity contribution in [2.24, 2.45) is 181 Å². The Labute approximate surface area is 1020 Å². The van der Waals surface area contributed by atoms with Gasteiger partial charge in [0.1, 0.15) is 0 Å². The van der Waals surface area contributed by atoms with Gasteiger partial charge in [-0.1, -0.05) is 241 Å². The molecule has 11 N–H and O–H groups in total. The molecule has 4 unspecified atom stereocenters. The maximum Gasteiger partial charge on any atom is 1.00 e. The van der Waals surface area contributed by atoms with Gasteiger partial charge in [0.15, 0.2) is 0 Å². The molecule has 0 spiro atoms. The fraction of sp³-hybridized carbons (Fsp3) is 0.800. The number of rotatable bonds is 20. The summed E-state index contributed by atoms with van der Waals surface area (Å²) in [5.41, 5.74) is 1.67. The maximum atomic E-state index is 11.5. The van der Waals surface area contributed by atoms with Gasteiger partial charge in [-0.2, -0.15) is 98.7 Å². The first-order valence-corrected chi connectivity index (χ1v) is 54.5. The molecular formula is C120H215LiN6O17Y4-8. The number of methoxy groups -OCH3 is 3.